The highest BCUT2D eigenvalue weighted by molar-refractivity contribution is 14.1. The van der Waals surface area contributed by atoms with Gasteiger partial charge in [0.05, 0.1) is 31.5 Å². The number of nitriles is 1. The minimum Gasteiger partial charge on any atom is -0.466 e. The summed E-state index contributed by atoms with van der Waals surface area (Å²) >= 11 is 2.07. The monoisotopic (exact) mass is 386 g/mol. The Morgan fingerprint density at radius 1 is 1.35 bits per heavy atom. The molecule has 0 radical (unpaired) electrons. The topological polar surface area (TPSA) is 88.4 Å². The van der Waals surface area contributed by atoms with Gasteiger partial charge in [0.2, 0.25) is 0 Å². The molecule has 1 aromatic carbocycles. The van der Waals surface area contributed by atoms with Crippen LogP contribution < -0.4 is 5.32 Å². The van der Waals surface area contributed by atoms with E-state index in [2.05, 4.69) is 37.4 Å². The van der Waals surface area contributed by atoms with Gasteiger partial charge in [-0.15, -0.1) is 0 Å². The van der Waals surface area contributed by atoms with Gasteiger partial charge in [0.25, 0.3) is 0 Å². The lowest BCUT2D eigenvalue weighted by atomic mass is 10.2. The molecule has 0 aliphatic heterocycles. The van der Waals surface area contributed by atoms with Crippen molar-refractivity contribution in [2.45, 2.75) is 0 Å². The molecule has 0 aliphatic rings. The van der Waals surface area contributed by atoms with Crippen molar-refractivity contribution in [2.75, 3.05) is 19.5 Å². The van der Waals surface area contributed by atoms with Crippen LogP contribution in [-0.4, -0.2) is 26.2 Å². The van der Waals surface area contributed by atoms with Crippen molar-refractivity contribution in [2.24, 2.45) is 0 Å². The van der Waals surface area contributed by atoms with E-state index in [1.807, 2.05) is 6.07 Å². The second-order valence-electron chi connectivity index (χ2n) is 3.50. The van der Waals surface area contributed by atoms with Crippen molar-refractivity contribution < 1.29 is 19.1 Å². The molecule has 0 spiro atoms. The molecule has 20 heavy (non-hydrogen) atoms. The van der Waals surface area contributed by atoms with Crippen LogP contribution in [0, 0.1) is 14.9 Å². The molecular weight excluding hydrogens is 375 g/mol. The summed E-state index contributed by atoms with van der Waals surface area (Å²) < 4.78 is 9.90. The molecule has 0 amide bonds. The van der Waals surface area contributed by atoms with Gasteiger partial charge in [-0.25, -0.2) is 9.59 Å². The van der Waals surface area contributed by atoms with Gasteiger partial charge in [-0.3, -0.25) is 0 Å². The van der Waals surface area contributed by atoms with Crippen LogP contribution in [-0.2, 0) is 19.1 Å². The largest absolute Gasteiger partial charge is 0.466 e. The van der Waals surface area contributed by atoms with E-state index in [4.69, 9.17) is 5.26 Å². The molecule has 0 aromatic heterocycles. The van der Waals surface area contributed by atoms with E-state index in [1.54, 1.807) is 18.2 Å². The number of halogens is 1. The zero-order valence-electron chi connectivity index (χ0n) is 10.8. The van der Waals surface area contributed by atoms with Gasteiger partial charge in [0.15, 0.2) is 0 Å². The van der Waals surface area contributed by atoms with Crippen molar-refractivity contribution >= 4 is 40.2 Å². The number of carbonyl (C=O) groups is 2. The predicted molar refractivity (Wildman–Crippen MR) is 79.6 cm³/mol. The Kier molecular flexibility index (Phi) is 5.99. The molecule has 104 valence electrons. The highest BCUT2D eigenvalue weighted by Crippen LogP contribution is 2.20. The number of nitrogens with one attached hydrogen (secondary N) is 1. The lowest BCUT2D eigenvalue weighted by Crippen LogP contribution is -2.16. The molecule has 6 nitrogen and oxygen atoms in total. The van der Waals surface area contributed by atoms with Crippen LogP contribution in [0.25, 0.3) is 0 Å². The number of ether oxygens (including phenoxy) is 2. The molecule has 0 heterocycles. The summed E-state index contributed by atoms with van der Waals surface area (Å²) in [4.78, 5) is 22.8. The Hall–Kier alpha value is -2.08. The number of hydrogen-bond acceptors (Lipinski definition) is 6. The molecule has 1 aromatic rings. The molecule has 0 unspecified atom stereocenters. The Morgan fingerprint density at radius 2 is 2.05 bits per heavy atom. The first-order chi connectivity index (χ1) is 9.51. The first-order valence-corrected chi connectivity index (χ1v) is 6.44. The zero-order chi connectivity index (χ0) is 15.1. The number of methoxy groups -OCH3 is 2. The molecule has 0 fully saturated rings. The third-order valence-corrected chi connectivity index (χ3v) is 2.91. The maximum Gasteiger partial charge on any atom is 0.354 e. The Balaban J connectivity index is 3.14. The maximum absolute atomic E-state index is 11.6. The van der Waals surface area contributed by atoms with Gasteiger partial charge in [-0.1, -0.05) is 0 Å². The third kappa shape index (κ3) is 4.24. The number of benzene rings is 1. The van der Waals surface area contributed by atoms with Crippen LogP contribution in [0.3, 0.4) is 0 Å². The highest BCUT2D eigenvalue weighted by Gasteiger charge is 2.14. The summed E-state index contributed by atoms with van der Waals surface area (Å²) in [7, 11) is 2.38. The molecule has 0 aliphatic carbocycles. The molecule has 0 atom stereocenters. The Bertz CT molecular complexity index is 605. The zero-order valence-corrected chi connectivity index (χ0v) is 12.9. The Morgan fingerprint density at radius 3 is 2.60 bits per heavy atom. The van der Waals surface area contributed by atoms with E-state index in [0.29, 0.717) is 11.3 Å². The SMILES string of the molecule is COC(=O)/C=C(/Nc1ccc(I)cc1C#N)C(=O)OC. The van der Waals surface area contributed by atoms with Crippen LogP contribution in [0.1, 0.15) is 5.56 Å². The van der Waals surface area contributed by atoms with E-state index in [1.165, 1.54) is 14.2 Å². The fourth-order valence-electron chi connectivity index (χ4n) is 1.30. The summed E-state index contributed by atoms with van der Waals surface area (Å²) in [6.07, 6.45) is 0.963. The van der Waals surface area contributed by atoms with E-state index >= 15 is 0 Å². The van der Waals surface area contributed by atoms with Gasteiger partial charge >= 0.3 is 11.9 Å². The van der Waals surface area contributed by atoms with Crippen molar-refractivity contribution in [3.8, 4) is 6.07 Å². The van der Waals surface area contributed by atoms with Gasteiger partial charge in [0.1, 0.15) is 11.8 Å². The lowest BCUT2D eigenvalue weighted by Gasteiger charge is -2.10. The predicted octanol–water partition coefficient (Wildman–Crippen LogP) is 1.80. The van der Waals surface area contributed by atoms with Gasteiger partial charge in [0, 0.05) is 3.57 Å². The molecule has 0 saturated carbocycles. The number of esters is 2. The number of carbonyl (C=O) groups excluding carboxylic acids is 2. The minimum absolute atomic E-state index is 0.114. The standard InChI is InChI=1S/C13H11IN2O4/c1-19-12(17)6-11(13(18)20-2)16-10-4-3-9(14)5-8(10)7-15/h3-6,16H,1-2H3/b11-6+. The lowest BCUT2D eigenvalue weighted by molar-refractivity contribution is -0.138. The summed E-state index contributed by atoms with van der Waals surface area (Å²) in [5, 5.41) is 11.8. The average Bonchev–Trinajstić information content (AvgIpc) is 2.46. The third-order valence-electron chi connectivity index (χ3n) is 2.24. The van der Waals surface area contributed by atoms with E-state index in [9.17, 15) is 9.59 Å². The fourth-order valence-corrected chi connectivity index (χ4v) is 1.79. The molecular formula is C13H11IN2O4. The highest BCUT2D eigenvalue weighted by atomic mass is 127. The van der Waals surface area contributed by atoms with E-state index in [0.717, 1.165) is 9.65 Å². The van der Waals surface area contributed by atoms with Crippen molar-refractivity contribution in [3.05, 3.63) is 39.1 Å². The fraction of sp³-hybridized carbons (Fsp3) is 0.154. The van der Waals surface area contributed by atoms with Crippen molar-refractivity contribution in [3.63, 3.8) is 0 Å². The van der Waals surface area contributed by atoms with Crippen LogP contribution >= 0.6 is 22.6 Å². The van der Waals surface area contributed by atoms with Gasteiger partial charge in [-0.2, -0.15) is 5.26 Å². The summed E-state index contributed by atoms with van der Waals surface area (Å²) in [5.74, 6) is -1.44. The molecule has 0 saturated heterocycles. The minimum atomic E-state index is -0.738. The molecule has 0 bridgehead atoms. The molecule has 1 N–H and O–H groups in total. The van der Waals surface area contributed by atoms with Crippen LogP contribution in [0.15, 0.2) is 30.0 Å². The van der Waals surface area contributed by atoms with Gasteiger partial charge in [-0.05, 0) is 40.8 Å². The second-order valence-corrected chi connectivity index (χ2v) is 4.75. The first-order valence-electron chi connectivity index (χ1n) is 5.36. The maximum atomic E-state index is 11.6. The van der Waals surface area contributed by atoms with Crippen LogP contribution in [0.2, 0.25) is 0 Å². The molecule has 1 rings (SSSR count). The quantitative estimate of drug-likeness (QED) is 0.483. The first kappa shape index (κ1) is 16.0. The number of rotatable bonds is 4. The van der Waals surface area contributed by atoms with Gasteiger partial charge < -0.3 is 14.8 Å². The number of anilines is 1. The number of hydrogen-bond donors (Lipinski definition) is 1. The molecule has 7 heteroatoms. The van der Waals surface area contributed by atoms with Crippen molar-refractivity contribution in [1.82, 2.24) is 0 Å². The van der Waals surface area contributed by atoms with Crippen LogP contribution in [0.5, 0.6) is 0 Å². The van der Waals surface area contributed by atoms with E-state index in [-0.39, 0.29) is 5.70 Å². The summed E-state index contributed by atoms with van der Waals surface area (Å²) in [6.45, 7) is 0. The van der Waals surface area contributed by atoms with Crippen molar-refractivity contribution in [1.29, 1.82) is 5.26 Å². The van der Waals surface area contributed by atoms with Crippen LogP contribution in [0.4, 0.5) is 5.69 Å². The Labute approximate surface area is 129 Å². The summed E-state index contributed by atoms with van der Waals surface area (Å²) in [5.41, 5.74) is 0.627. The average molecular weight is 386 g/mol. The second kappa shape index (κ2) is 7.49. The number of nitrogens with zero attached hydrogens (tertiary/aromatic N) is 1. The van der Waals surface area contributed by atoms with E-state index < -0.39 is 11.9 Å². The smallest absolute Gasteiger partial charge is 0.354 e. The normalized spacial score (nSPS) is 10.4. The summed E-state index contributed by atoms with van der Waals surface area (Å²) in [6, 6.07) is 7.05.